The monoisotopic (exact) mass is 308 g/mol. The van der Waals surface area contributed by atoms with Crippen molar-refractivity contribution in [3.05, 3.63) is 10.6 Å². The van der Waals surface area contributed by atoms with Crippen molar-refractivity contribution >= 4 is 16.5 Å². The Hall–Kier alpha value is -0.650. The van der Waals surface area contributed by atoms with Crippen molar-refractivity contribution in [3.63, 3.8) is 0 Å². The van der Waals surface area contributed by atoms with Gasteiger partial charge in [-0.05, 0) is 39.3 Å². The molecule has 4 nitrogen and oxygen atoms in total. The molecule has 1 N–H and O–H groups in total. The van der Waals surface area contributed by atoms with E-state index in [0.717, 1.165) is 38.1 Å². The number of aromatic nitrogens is 1. The lowest BCUT2D eigenvalue weighted by Crippen LogP contribution is -2.36. The number of rotatable bonds is 5. The molecule has 5 heteroatoms. The number of nitrogens with zero attached hydrogens (tertiary/aromatic N) is 3. The fraction of sp³-hybridized carbons (Fsp3) is 0.812. The fourth-order valence-electron chi connectivity index (χ4n) is 3.64. The van der Waals surface area contributed by atoms with E-state index >= 15 is 0 Å². The quantitative estimate of drug-likeness (QED) is 0.905. The van der Waals surface area contributed by atoms with E-state index in [-0.39, 0.29) is 0 Å². The van der Waals surface area contributed by atoms with Gasteiger partial charge in [0.2, 0.25) is 0 Å². The van der Waals surface area contributed by atoms with Gasteiger partial charge in [-0.2, -0.15) is 0 Å². The summed E-state index contributed by atoms with van der Waals surface area (Å²) in [7, 11) is 2.31. The van der Waals surface area contributed by atoms with Gasteiger partial charge in [-0.15, -0.1) is 11.3 Å². The van der Waals surface area contributed by atoms with Gasteiger partial charge in [0.1, 0.15) is 0 Å². The highest BCUT2D eigenvalue weighted by Crippen LogP contribution is 2.33. The Balaban J connectivity index is 1.75. The number of fused-ring (bicyclic) bond motifs is 2. The van der Waals surface area contributed by atoms with Gasteiger partial charge in [0.15, 0.2) is 5.13 Å². The SMILES string of the molecule is CCNCc1sc(N2CCC3CCC(C2)N3C)nc1CC. The maximum Gasteiger partial charge on any atom is 0.185 e. The molecule has 0 saturated carbocycles. The Bertz CT molecular complexity index is 473. The van der Waals surface area contributed by atoms with E-state index in [4.69, 9.17) is 4.98 Å². The van der Waals surface area contributed by atoms with Crippen molar-refractivity contribution in [1.29, 1.82) is 0 Å². The Morgan fingerprint density at radius 3 is 2.81 bits per heavy atom. The zero-order chi connectivity index (χ0) is 14.8. The third-order valence-electron chi connectivity index (χ3n) is 5.06. The highest BCUT2D eigenvalue weighted by Gasteiger charge is 2.35. The smallest absolute Gasteiger partial charge is 0.185 e. The summed E-state index contributed by atoms with van der Waals surface area (Å²) in [6.45, 7) is 8.69. The summed E-state index contributed by atoms with van der Waals surface area (Å²) in [6, 6.07) is 1.52. The van der Waals surface area contributed by atoms with E-state index < -0.39 is 0 Å². The predicted molar refractivity (Wildman–Crippen MR) is 90.3 cm³/mol. The lowest BCUT2D eigenvalue weighted by molar-refractivity contribution is 0.254. The first-order valence-electron chi connectivity index (χ1n) is 8.39. The molecule has 2 aliphatic rings. The van der Waals surface area contributed by atoms with E-state index in [1.807, 2.05) is 11.3 Å². The number of aryl methyl sites for hydroxylation is 1. The second-order valence-electron chi connectivity index (χ2n) is 6.29. The van der Waals surface area contributed by atoms with Crippen molar-refractivity contribution in [3.8, 4) is 0 Å². The molecule has 0 radical (unpaired) electrons. The van der Waals surface area contributed by atoms with Crippen molar-refractivity contribution in [1.82, 2.24) is 15.2 Å². The van der Waals surface area contributed by atoms with E-state index in [9.17, 15) is 0 Å². The van der Waals surface area contributed by atoms with E-state index in [1.54, 1.807) is 0 Å². The maximum absolute atomic E-state index is 4.94. The molecule has 2 bridgehead atoms. The second-order valence-corrected chi connectivity index (χ2v) is 7.35. The summed E-state index contributed by atoms with van der Waals surface area (Å²) in [5.74, 6) is 0. The van der Waals surface area contributed by atoms with Crippen LogP contribution in [0.5, 0.6) is 0 Å². The van der Waals surface area contributed by atoms with Gasteiger partial charge in [0.05, 0.1) is 5.69 Å². The molecule has 2 aliphatic heterocycles. The number of thiazole rings is 1. The second kappa shape index (κ2) is 6.63. The number of nitrogens with one attached hydrogen (secondary N) is 1. The molecule has 1 aromatic heterocycles. The van der Waals surface area contributed by atoms with E-state index in [0.29, 0.717) is 0 Å². The number of anilines is 1. The van der Waals surface area contributed by atoms with Crippen molar-refractivity contribution in [2.45, 2.75) is 58.2 Å². The molecule has 0 amide bonds. The predicted octanol–water partition coefficient (Wildman–Crippen LogP) is 2.49. The van der Waals surface area contributed by atoms with Crippen LogP contribution in [0.15, 0.2) is 0 Å². The summed E-state index contributed by atoms with van der Waals surface area (Å²) in [5, 5.41) is 4.70. The van der Waals surface area contributed by atoms with Gasteiger partial charge in [-0.1, -0.05) is 13.8 Å². The molecule has 21 heavy (non-hydrogen) atoms. The van der Waals surface area contributed by atoms with Gasteiger partial charge < -0.3 is 10.2 Å². The molecule has 1 aromatic rings. The number of likely N-dealkylation sites (N-methyl/N-ethyl adjacent to an activating group) is 1. The van der Waals surface area contributed by atoms with Crippen LogP contribution in [0.3, 0.4) is 0 Å². The summed E-state index contributed by atoms with van der Waals surface area (Å²) in [4.78, 5) is 11.5. The number of hydrogen-bond acceptors (Lipinski definition) is 5. The molecule has 3 rings (SSSR count). The third-order valence-corrected chi connectivity index (χ3v) is 6.21. The Labute approximate surface area is 132 Å². The minimum Gasteiger partial charge on any atom is -0.346 e. The van der Waals surface area contributed by atoms with Gasteiger partial charge >= 0.3 is 0 Å². The Kier molecular flexibility index (Phi) is 4.82. The summed E-state index contributed by atoms with van der Waals surface area (Å²) in [6.07, 6.45) is 5.07. The zero-order valence-electron chi connectivity index (χ0n) is 13.6. The molecular weight excluding hydrogens is 280 g/mol. The van der Waals surface area contributed by atoms with Crippen molar-refractivity contribution in [2.24, 2.45) is 0 Å². The largest absolute Gasteiger partial charge is 0.346 e. The number of hydrogen-bond donors (Lipinski definition) is 1. The molecule has 0 spiro atoms. The van der Waals surface area contributed by atoms with Crippen LogP contribution in [0.1, 0.15) is 43.7 Å². The van der Waals surface area contributed by atoms with Crippen LogP contribution in [0, 0.1) is 0 Å². The van der Waals surface area contributed by atoms with Crippen LogP contribution in [-0.2, 0) is 13.0 Å². The molecule has 2 saturated heterocycles. The summed E-state index contributed by atoms with van der Waals surface area (Å²) in [5.41, 5.74) is 1.29. The standard InChI is InChI=1S/C16H28N4S/c1-4-14-15(10-17-5-2)21-16(18-14)20-9-8-12-6-7-13(11-20)19(12)3/h12-13,17H,4-11H2,1-3H3. The lowest BCUT2D eigenvalue weighted by Gasteiger charge is -2.25. The van der Waals surface area contributed by atoms with Gasteiger partial charge in [0.25, 0.3) is 0 Å². The van der Waals surface area contributed by atoms with Crippen LogP contribution >= 0.6 is 11.3 Å². The molecule has 0 aliphatic carbocycles. The first kappa shape index (κ1) is 15.3. The first-order chi connectivity index (χ1) is 10.2. The van der Waals surface area contributed by atoms with Crippen LogP contribution < -0.4 is 10.2 Å². The van der Waals surface area contributed by atoms with Gasteiger partial charge in [0, 0.05) is 36.6 Å². The summed E-state index contributed by atoms with van der Waals surface area (Å²) < 4.78 is 0. The van der Waals surface area contributed by atoms with Crippen LogP contribution in [0.4, 0.5) is 5.13 Å². The Morgan fingerprint density at radius 1 is 1.24 bits per heavy atom. The normalized spacial score (nSPS) is 26.3. The van der Waals surface area contributed by atoms with Crippen molar-refractivity contribution < 1.29 is 0 Å². The van der Waals surface area contributed by atoms with Crippen molar-refractivity contribution in [2.75, 3.05) is 31.6 Å². The highest BCUT2D eigenvalue weighted by molar-refractivity contribution is 7.15. The molecule has 2 fully saturated rings. The molecular formula is C16H28N4S. The van der Waals surface area contributed by atoms with Crippen LogP contribution in [0.25, 0.3) is 0 Å². The van der Waals surface area contributed by atoms with E-state index in [2.05, 4.69) is 36.0 Å². The lowest BCUT2D eigenvalue weighted by atomic mass is 10.1. The molecule has 2 atom stereocenters. The van der Waals surface area contributed by atoms with Crippen LogP contribution in [-0.4, -0.2) is 48.6 Å². The van der Waals surface area contributed by atoms with Gasteiger partial charge in [-0.3, -0.25) is 4.90 Å². The summed E-state index contributed by atoms with van der Waals surface area (Å²) >= 11 is 1.90. The average Bonchev–Trinajstić information content (AvgIpc) is 2.98. The molecule has 0 aromatic carbocycles. The average molecular weight is 308 g/mol. The molecule has 118 valence electrons. The van der Waals surface area contributed by atoms with Crippen LogP contribution in [0.2, 0.25) is 0 Å². The molecule has 2 unspecified atom stereocenters. The minimum absolute atomic E-state index is 0.726. The van der Waals surface area contributed by atoms with E-state index in [1.165, 1.54) is 41.5 Å². The third kappa shape index (κ3) is 3.10. The highest BCUT2D eigenvalue weighted by atomic mass is 32.1. The van der Waals surface area contributed by atoms with Gasteiger partial charge in [-0.25, -0.2) is 4.98 Å². The molecule has 3 heterocycles. The zero-order valence-corrected chi connectivity index (χ0v) is 14.4. The fourth-order valence-corrected chi connectivity index (χ4v) is 4.79. The first-order valence-corrected chi connectivity index (χ1v) is 9.20. The topological polar surface area (TPSA) is 31.4 Å². The maximum atomic E-state index is 4.94. The minimum atomic E-state index is 0.726. The Morgan fingerprint density at radius 2 is 2.05 bits per heavy atom.